The van der Waals surface area contributed by atoms with Crippen molar-refractivity contribution in [2.45, 2.75) is 31.1 Å². The number of hydrogen-bond donors (Lipinski definition) is 7. The van der Waals surface area contributed by atoms with Crippen LogP contribution in [0.1, 0.15) is 11.8 Å². The minimum absolute atomic E-state index is 0.147. The van der Waals surface area contributed by atoms with Gasteiger partial charge in [-0.25, -0.2) is 15.0 Å². The van der Waals surface area contributed by atoms with Gasteiger partial charge in [0.15, 0.2) is 40.5 Å². The average Bonchev–Trinajstić information content (AvgIpc) is 3.26. The van der Waals surface area contributed by atoms with Gasteiger partial charge in [0.25, 0.3) is 0 Å². The zero-order chi connectivity index (χ0) is 20.7. The van der Waals surface area contributed by atoms with Gasteiger partial charge in [0.1, 0.15) is 24.6 Å². The fourth-order valence-corrected chi connectivity index (χ4v) is 3.23. The summed E-state index contributed by atoms with van der Waals surface area (Å²) in [6.07, 6.45) is -1.79. The maximum Gasteiger partial charge on any atom is 0.200 e. The number of aromatic hydroxyl groups is 3. The predicted octanol–water partition coefficient (Wildman–Crippen LogP) is -0.833. The Balaban J connectivity index is 1.60. The van der Waals surface area contributed by atoms with E-state index in [9.17, 15) is 30.6 Å². The zero-order valence-electron chi connectivity index (χ0n) is 14.9. The van der Waals surface area contributed by atoms with Crippen molar-refractivity contribution in [2.24, 2.45) is 0 Å². The summed E-state index contributed by atoms with van der Waals surface area (Å²) in [5, 5.41) is 61.1. The number of hydrogen-bond acceptors (Lipinski definition) is 11. The number of imidazole rings is 1. The summed E-state index contributed by atoms with van der Waals surface area (Å²) in [6, 6.07) is 2.58. The highest BCUT2D eigenvalue weighted by Gasteiger charge is 2.44. The summed E-state index contributed by atoms with van der Waals surface area (Å²) in [6.45, 7) is -0.302. The second-order valence-corrected chi connectivity index (χ2v) is 6.61. The molecule has 0 bridgehead atoms. The third-order valence-corrected chi connectivity index (χ3v) is 4.74. The van der Waals surface area contributed by atoms with Gasteiger partial charge in [0.2, 0.25) is 0 Å². The second-order valence-electron chi connectivity index (χ2n) is 6.61. The molecule has 1 aliphatic rings. The minimum Gasteiger partial charge on any atom is -0.504 e. The minimum atomic E-state index is -1.28. The van der Waals surface area contributed by atoms with Crippen molar-refractivity contribution >= 4 is 17.0 Å². The van der Waals surface area contributed by atoms with Gasteiger partial charge in [-0.15, -0.1) is 0 Å². The van der Waals surface area contributed by atoms with Crippen LogP contribution in [0, 0.1) is 0 Å². The molecule has 3 heterocycles. The summed E-state index contributed by atoms with van der Waals surface area (Å²) >= 11 is 0. The standard InChI is InChI=1S/C17H19N5O7/c23-4-10-13(27)14(28)17(29-10)22-6-21-11-15(19-5-20-16(11)22)18-3-7-1-8(24)12(26)9(25)2-7/h1-2,5-6,10,13-14,17,23-28H,3-4H2,(H,18,19,20)/t10-,13-,14+,17?/m1/s1. The molecule has 1 fully saturated rings. The second kappa shape index (κ2) is 7.33. The van der Waals surface area contributed by atoms with Crippen LogP contribution in [0.4, 0.5) is 5.82 Å². The maximum absolute atomic E-state index is 10.2. The Morgan fingerprint density at radius 3 is 2.41 bits per heavy atom. The monoisotopic (exact) mass is 405 g/mol. The number of nitrogens with one attached hydrogen (secondary N) is 1. The molecule has 29 heavy (non-hydrogen) atoms. The van der Waals surface area contributed by atoms with Gasteiger partial charge < -0.3 is 40.7 Å². The number of anilines is 1. The number of benzene rings is 1. The van der Waals surface area contributed by atoms with E-state index in [-0.39, 0.29) is 6.54 Å². The van der Waals surface area contributed by atoms with Crippen molar-refractivity contribution in [3.8, 4) is 17.2 Å². The average molecular weight is 405 g/mol. The molecule has 7 N–H and O–H groups in total. The summed E-state index contributed by atoms with van der Waals surface area (Å²) < 4.78 is 6.94. The van der Waals surface area contributed by atoms with E-state index in [0.717, 1.165) is 0 Å². The van der Waals surface area contributed by atoms with Gasteiger partial charge in [-0.05, 0) is 17.7 Å². The fourth-order valence-electron chi connectivity index (χ4n) is 3.23. The highest BCUT2D eigenvalue weighted by molar-refractivity contribution is 5.82. The molecule has 0 aliphatic carbocycles. The van der Waals surface area contributed by atoms with Crippen molar-refractivity contribution < 1.29 is 35.4 Å². The molecule has 4 atom stereocenters. The lowest BCUT2D eigenvalue weighted by Gasteiger charge is -2.16. The van der Waals surface area contributed by atoms with E-state index in [2.05, 4.69) is 20.3 Å². The quantitative estimate of drug-likeness (QED) is 0.263. The van der Waals surface area contributed by atoms with Crippen molar-refractivity contribution in [3.05, 3.63) is 30.4 Å². The molecule has 0 saturated carbocycles. The van der Waals surface area contributed by atoms with Crippen LogP contribution in [0.5, 0.6) is 17.2 Å². The normalized spacial score (nSPS) is 24.2. The molecular formula is C17H19N5O7. The topological polar surface area (TPSA) is 186 Å². The summed E-state index contributed by atoms with van der Waals surface area (Å²) in [5.41, 5.74) is 1.17. The van der Waals surface area contributed by atoms with Gasteiger partial charge in [0, 0.05) is 6.54 Å². The molecule has 1 aliphatic heterocycles. The summed E-state index contributed by atoms with van der Waals surface area (Å²) in [4.78, 5) is 12.5. The third kappa shape index (κ3) is 3.27. The lowest BCUT2D eigenvalue weighted by molar-refractivity contribution is -0.0511. The smallest absolute Gasteiger partial charge is 0.200 e. The number of phenolic OH excluding ortho intramolecular Hbond substituents is 3. The number of rotatable bonds is 5. The summed E-state index contributed by atoms with van der Waals surface area (Å²) in [5.74, 6) is -1.17. The molecule has 1 saturated heterocycles. The third-order valence-electron chi connectivity index (χ3n) is 4.74. The Bertz CT molecular complexity index is 1020. The first-order valence-corrected chi connectivity index (χ1v) is 8.68. The van der Waals surface area contributed by atoms with Crippen molar-refractivity contribution in [1.82, 2.24) is 19.5 Å². The van der Waals surface area contributed by atoms with Crippen LogP contribution >= 0.6 is 0 Å². The SMILES string of the molecule is OC[C@H]1OC(n2cnc3c(NCc4cc(O)c(O)c(O)c4)ncnc32)[C@@H](O)[C@@H]1O. The number of fused-ring (bicyclic) bond motifs is 1. The molecule has 12 nitrogen and oxygen atoms in total. The molecule has 0 radical (unpaired) electrons. The number of phenols is 3. The van der Waals surface area contributed by atoms with Gasteiger partial charge in [0.05, 0.1) is 12.9 Å². The number of aromatic nitrogens is 4. The van der Waals surface area contributed by atoms with Crippen LogP contribution in [-0.2, 0) is 11.3 Å². The van der Waals surface area contributed by atoms with Crippen LogP contribution in [-0.4, -0.2) is 75.1 Å². The highest BCUT2D eigenvalue weighted by Crippen LogP contribution is 2.36. The molecular weight excluding hydrogens is 386 g/mol. The molecule has 2 aromatic heterocycles. The molecule has 0 spiro atoms. The van der Waals surface area contributed by atoms with Gasteiger partial charge in [-0.1, -0.05) is 0 Å². The van der Waals surface area contributed by atoms with E-state index in [4.69, 9.17) is 4.74 Å². The number of nitrogens with zero attached hydrogens (tertiary/aromatic N) is 4. The first-order valence-electron chi connectivity index (χ1n) is 8.68. The Hall–Kier alpha value is -3.19. The van der Waals surface area contributed by atoms with Crippen molar-refractivity contribution in [3.63, 3.8) is 0 Å². The van der Waals surface area contributed by atoms with Gasteiger partial charge >= 0.3 is 0 Å². The Kier molecular flexibility index (Phi) is 4.84. The Labute approximate surface area is 163 Å². The predicted molar refractivity (Wildman–Crippen MR) is 97.1 cm³/mol. The molecule has 0 amide bonds. The van der Waals surface area contributed by atoms with Crippen LogP contribution in [0.15, 0.2) is 24.8 Å². The first kappa shape index (κ1) is 19.1. The van der Waals surface area contributed by atoms with E-state index in [0.29, 0.717) is 22.5 Å². The molecule has 1 aromatic carbocycles. The van der Waals surface area contributed by atoms with E-state index in [1.165, 1.54) is 29.4 Å². The lowest BCUT2D eigenvalue weighted by Crippen LogP contribution is -2.33. The van der Waals surface area contributed by atoms with E-state index in [1.54, 1.807) is 0 Å². The Morgan fingerprint density at radius 2 is 1.76 bits per heavy atom. The van der Waals surface area contributed by atoms with Gasteiger partial charge in [-0.3, -0.25) is 4.57 Å². The van der Waals surface area contributed by atoms with E-state index in [1.807, 2.05) is 0 Å². The van der Waals surface area contributed by atoms with Crippen LogP contribution in [0.25, 0.3) is 11.2 Å². The first-order chi connectivity index (χ1) is 13.9. The molecule has 154 valence electrons. The van der Waals surface area contributed by atoms with Crippen LogP contribution in [0.2, 0.25) is 0 Å². The van der Waals surface area contributed by atoms with Crippen molar-refractivity contribution in [1.29, 1.82) is 0 Å². The fraction of sp³-hybridized carbons (Fsp3) is 0.353. The Morgan fingerprint density at radius 1 is 1.03 bits per heavy atom. The van der Waals surface area contributed by atoms with Crippen LogP contribution in [0.3, 0.4) is 0 Å². The summed E-state index contributed by atoms with van der Waals surface area (Å²) in [7, 11) is 0. The van der Waals surface area contributed by atoms with Crippen LogP contribution < -0.4 is 5.32 Å². The number of aliphatic hydroxyl groups excluding tert-OH is 3. The molecule has 3 aromatic rings. The zero-order valence-corrected chi connectivity index (χ0v) is 14.9. The van der Waals surface area contributed by atoms with E-state index < -0.39 is 48.4 Å². The maximum atomic E-state index is 10.2. The lowest BCUT2D eigenvalue weighted by atomic mass is 10.1. The van der Waals surface area contributed by atoms with E-state index >= 15 is 0 Å². The molecule has 12 heteroatoms. The number of aliphatic hydroxyl groups is 3. The van der Waals surface area contributed by atoms with Crippen molar-refractivity contribution in [2.75, 3.05) is 11.9 Å². The molecule has 4 rings (SSSR count). The highest BCUT2D eigenvalue weighted by atomic mass is 16.6. The largest absolute Gasteiger partial charge is 0.504 e. The molecule has 1 unspecified atom stereocenters. The number of ether oxygens (including phenoxy) is 1. The van der Waals surface area contributed by atoms with Gasteiger partial charge in [-0.2, -0.15) is 0 Å².